The Morgan fingerprint density at radius 2 is 1.49 bits per heavy atom. The van der Waals surface area contributed by atoms with Gasteiger partial charge in [0.15, 0.2) is 5.65 Å². The van der Waals surface area contributed by atoms with E-state index in [1.807, 2.05) is 30.6 Å². The van der Waals surface area contributed by atoms with Gasteiger partial charge < -0.3 is 0 Å². The molecule has 0 fully saturated rings. The number of imidazole rings is 1. The van der Waals surface area contributed by atoms with Crippen LogP contribution in [0.4, 0.5) is 0 Å². The average molecular weight is 447 g/mol. The van der Waals surface area contributed by atoms with Crippen LogP contribution in [0, 0.1) is 0 Å². The molecular weight excluding hydrogens is 428 g/mol. The monoisotopic (exact) mass is 446 g/mol. The van der Waals surface area contributed by atoms with Crippen LogP contribution in [-0.2, 0) is 12.8 Å². The van der Waals surface area contributed by atoms with Crippen molar-refractivity contribution in [2.75, 3.05) is 0 Å². The minimum Gasteiger partial charge on any atom is -0.274 e. The van der Waals surface area contributed by atoms with E-state index in [4.69, 9.17) is 15.0 Å². The SMILES string of the molecule is c1ccc2c(c1)Cc1ccc3c(c1-2)Cc1ccc2c4ncccc4n4c5ncccc5nc4c2c1-3. The van der Waals surface area contributed by atoms with Gasteiger partial charge in [-0.3, -0.25) is 9.38 Å². The molecule has 2 aliphatic rings. The Hall–Kier alpha value is -4.57. The highest BCUT2D eigenvalue weighted by Gasteiger charge is 2.30. The van der Waals surface area contributed by atoms with E-state index in [9.17, 15) is 0 Å². The zero-order chi connectivity index (χ0) is 22.7. The van der Waals surface area contributed by atoms with Crippen LogP contribution in [0.1, 0.15) is 22.3 Å². The third kappa shape index (κ3) is 2.11. The lowest BCUT2D eigenvalue weighted by Crippen LogP contribution is -1.96. The van der Waals surface area contributed by atoms with Gasteiger partial charge in [-0.25, -0.2) is 9.97 Å². The van der Waals surface area contributed by atoms with E-state index < -0.39 is 0 Å². The van der Waals surface area contributed by atoms with Gasteiger partial charge in [-0.2, -0.15) is 0 Å². The highest BCUT2D eigenvalue weighted by Crippen LogP contribution is 2.50. The standard InChI is InChI=1S/C31H18N4/c1-2-6-20-17(5-1)15-18-9-11-21-23(26(18)20)16-19-10-12-22-28(27(19)21)31-34-24-7-3-14-33-30(24)35(31)25-8-4-13-32-29(22)25/h1-14H,15-16H2. The predicted octanol–water partition coefficient (Wildman–Crippen LogP) is 6.73. The highest BCUT2D eigenvalue weighted by atomic mass is 15.1. The lowest BCUT2D eigenvalue weighted by Gasteiger charge is -2.13. The summed E-state index contributed by atoms with van der Waals surface area (Å²) in [7, 11) is 0. The number of pyridine rings is 3. The van der Waals surface area contributed by atoms with Crippen LogP contribution in [0.5, 0.6) is 0 Å². The maximum atomic E-state index is 5.13. The Morgan fingerprint density at radius 3 is 2.49 bits per heavy atom. The summed E-state index contributed by atoms with van der Waals surface area (Å²) in [4.78, 5) is 14.7. The molecule has 0 bridgehead atoms. The van der Waals surface area contributed by atoms with E-state index in [-0.39, 0.29) is 0 Å². The molecule has 0 saturated heterocycles. The minimum absolute atomic E-state index is 0.876. The molecule has 4 heteroatoms. The van der Waals surface area contributed by atoms with Gasteiger partial charge in [0.05, 0.1) is 11.0 Å². The van der Waals surface area contributed by atoms with Crippen molar-refractivity contribution >= 4 is 38.6 Å². The van der Waals surface area contributed by atoms with Crippen molar-refractivity contribution in [2.45, 2.75) is 12.8 Å². The summed E-state index contributed by atoms with van der Waals surface area (Å²) in [6.07, 6.45) is 5.69. The van der Waals surface area contributed by atoms with E-state index in [1.54, 1.807) is 0 Å². The van der Waals surface area contributed by atoms with Crippen LogP contribution >= 0.6 is 0 Å². The molecule has 0 aliphatic heterocycles. The molecule has 0 radical (unpaired) electrons. The fraction of sp³-hybridized carbons (Fsp3) is 0.0645. The van der Waals surface area contributed by atoms with Gasteiger partial charge in [0, 0.05) is 23.2 Å². The summed E-state index contributed by atoms with van der Waals surface area (Å²) in [5.41, 5.74) is 15.9. The van der Waals surface area contributed by atoms with Crippen molar-refractivity contribution in [3.8, 4) is 22.3 Å². The van der Waals surface area contributed by atoms with E-state index in [0.717, 1.165) is 46.1 Å². The molecule has 0 N–H and O–H groups in total. The molecule has 2 aliphatic carbocycles. The molecule has 7 aromatic rings. The van der Waals surface area contributed by atoms with Crippen molar-refractivity contribution in [3.05, 3.63) is 107 Å². The summed E-state index contributed by atoms with van der Waals surface area (Å²) < 4.78 is 2.20. The molecule has 4 nitrogen and oxygen atoms in total. The molecule has 35 heavy (non-hydrogen) atoms. The maximum absolute atomic E-state index is 5.13. The molecule has 162 valence electrons. The number of hydrogen-bond acceptors (Lipinski definition) is 3. The molecule has 0 saturated carbocycles. The van der Waals surface area contributed by atoms with Gasteiger partial charge in [-0.05, 0) is 81.6 Å². The first-order valence-corrected chi connectivity index (χ1v) is 12.1. The number of aromatic nitrogens is 4. The molecule has 3 aromatic carbocycles. The first kappa shape index (κ1) is 17.8. The smallest absolute Gasteiger partial charge is 0.165 e. The lowest BCUT2D eigenvalue weighted by atomic mass is 9.94. The van der Waals surface area contributed by atoms with Crippen molar-refractivity contribution in [1.29, 1.82) is 0 Å². The van der Waals surface area contributed by atoms with Gasteiger partial charge in [-0.15, -0.1) is 0 Å². The van der Waals surface area contributed by atoms with Gasteiger partial charge in [-0.1, -0.05) is 48.5 Å². The first-order valence-electron chi connectivity index (χ1n) is 12.1. The third-order valence-electron chi connectivity index (χ3n) is 7.92. The molecule has 4 heterocycles. The van der Waals surface area contributed by atoms with Crippen molar-refractivity contribution < 1.29 is 0 Å². The largest absolute Gasteiger partial charge is 0.274 e. The number of fused-ring (bicyclic) bond motifs is 16. The Morgan fingerprint density at radius 1 is 0.629 bits per heavy atom. The summed E-state index contributed by atoms with van der Waals surface area (Å²) in [5.74, 6) is 0. The van der Waals surface area contributed by atoms with Gasteiger partial charge in [0.1, 0.15) is 11.2 Å². The molecule has 0 unspecified atom stereocenters. The summed E-state index contributed by atoms with van der Waals surface area (Å²) >= 11 is 0. The molecule has 0 atom stereocenters. The predicted molar refractivity (Wildman–Crippen MR) is 140 cm³/mol. The second kappa shape index (κ2) is 6.10. The van der Waals surface area contributed by atoms with Crippen LogP contribution in [-0.4, -0.2) is 19.4 Å². The van der Waals surface area contributed by atoms with Crippen LogP contribution < -0.4 is 0 Å². The van der Waals surface area contributed by atoms with E-state index in [1.165, 1.54) is 49.9 Å². The summed E-state index contributed by atoms with van der Waals surface area (Å²) in [6, 6.07) is 26.2. The average Bonchev–Trinajstić information content (AvgIpc) is 3.59. The number of rotatable bonds is 0. The van der Waals surface area contributed by atoms with Gasteiger partial charge >= 0.3 is 0 Å². The van der Waals surface area contributed by atoms with Crippen molar-refractivity contribution in [3.63, 3.8) is 0 Å². The topological polar surface area (TPSA) is 43.1 Å². The normalized spacial score (nSPS) is 13.5. The van der Waals surface area contributed by atoms with E-state index in [0.29, 0.717) is 0 Å². The van der Waals surface area contributed by atoms with Crippen molar-refractivity contribution in [1.82, 2.24) is 19.4 Å². The lowest BCUT2D eigenvalue weighted by molar-refractivity contribution is 1.23. The Kier molecular flexibility index (Phi) is 3.11. The molecule has 9 rings (SSSR count). The second-order valence-corrected chi connectivity index (χ2v) is 9.65. The Balaban J connectivity index is 1.48. The van der Waals surface area contributed by atoms with Crippen LogP contribution in [0.2, 0.25) is 0 Å². The molecule has 4 aromatic heterocycles. The Bertz CT molecular complexity index is 2070. The number of hydrogen-bond donors (Lipinski definition) is 0. The fourth-order valence-electron chi connectivity index (χ4n) is 6.53. The zero-order valence-electron chi connectivity index (χ0n) is 18.8. The Labute approximate surface area is 200 Å². The van der Waals surface area contributed by atoms with E-state index >= 15 is 0 Å². The summed E-state index contributed by atoms with van der Waals surface area (Å²) in [6.45, 7) is 0. The summed E-state index contributed by atoms with van der Waals surface area (Å²) in [5, 5.41) is 2.33. The van der Waals surface area contributed by atoms with Crippen molar-refractivity contribution in [2.24, 2.45) is 0 Å². The van der Waals surface area contributed by atoms with Crippen LogP contribution in [0.25, 0.3) is 60.9 Å². The maximum Gasteiger partial charge on any atom is 0.165 e. The second-order valence-electron chi connectivity index (χ2n) is 9.65. The van der Waals surface area contributed by atoms with E-state index in [2.05, 4.69) is 59.0 Å². The van der Waals surface area contributed by atoms with Crippen LogP contribution in [0.15, 0.2) is 85.2 Å². The fourth-order valence-corrected chi connectivity index (χ4v) is 6.53. The quantitative estimate of drug-likeness (QED) is 0.243. The zero-order valence-corrected chi connectivity index (χ0v) is 18.8. The molecular formula is C31H18N4. The molecule has 0 amide bonds. The van der Waals surface area contributed by atoms with Gasteiger partial charge in [0.2, 0.25) is 0 Å². The van der Waals surface area contributed by atoms with Crippen LogP contribution in [0.3, 0.4) is 0 Å². The first-order chi connectivity index (χ1) is 17.4. The number of nitrogens with zero attached hydrogens (tertiary/aromatic N) is 4. The minimum atomic E-state index is 0.876. The third-order valence-corrected chi connectivity index (χ3v) is 7.92. The molecule has 0 spiro atoms. The number of benzene rings is 3. The van der Waals surface area contributed by atoms with Gasteiger partial charge in [0.25, 0.3) is 0 Å². The highest BCUT2D eigenvalue weighted by molar-refractivity contribution is 6.19.